The maximum Gasteiger partial charge on any atom is 0.185 e. The Morgan fingerprint density at radius 3 is 2.50 bits per heavy atom. The summed E-state index contributed by atoms with van der Waals surface area (Å²) < 4.78 is 5.07. The topological polar surface area (TPSA) is 50.7 Å². The van der Waals surface area contributed by atoms with Crippen LogP contribution in [0, 0.1) is 6.92 Å². The highest BCUT2D eigenvalue weighted by Gasteiger charge is 2.00. The van der Waals surface area contributed by atoms with Crippen LogP contribution in [-0.2, 0) is 4.79 Å². The van der Waals surface area contributed by atoms with Crippen LogP contribution in [0.5, 0.6) is 5.75 Å². The van der Waals surface area contributed by atoms with Gasteiger partial charge in [0, 0.05) is 4.90 Å². The summed E-state index contributed by atoms with van der Waals surface area (Å²) in [6.45, 7) is 2.04. The van der Waals surface area contributed by atoms with Crippen LogP contribution >= 0.6 is 11.8 Å². The average Bonchev–Trinajstić information content (AvgIpc) is 2.55. The maximum absolute atomic E-state index is 11.7. The van der Waals surface area contributed by atoms with Crippen LogP contribution in [-0.4, -0.2) is 24.9 Å². The lowest BCUT2D eigenvalue weighted by atomic mass is 10.2. The van der Waals surface area contributed by atoms with Gasteiger partial charge in [0.25, 0.3) is 0 Å². The largest absolute Gasteiger partial charge is 0.497 e. The molecule has 0 amide bonds. The lowest BCUT2D eigenvalue weighted by Gasteiger charge is -2.02. The second-order valence-corrected chi connectivity index (χ2v) is 5.72. The Hall–Kier alpha value is -2.27. The normalized spacial score (nSPS) is 10.6. The van der Waals surface area contributed by atoms with Crippen molar-refractivity contribution < 1.29 is 9.53 Å². The molecule has 0 atom stereocenters. The van der Waals surface area contributed by atoms with E-state index < -0.39 is 0 Å². The number of ether oxygens (including phenoxy) is 1. The number of ketones is 1. The molecule has 0 fully saturated rings. The lowest BCUT2D eigenvalue weighted by molar-refractivity contribution is -0.110. The Labute approximate surface area is 134 Å². The van der Waals surface area contributed by atoms with Crippen LogP contribution in [0.25, 0.3) is 0 Å². The van der Waals surface area contributed by atoms with Gasteiger partial charge in [-0.1, -0.05) is 17.7 Å². The van der Waals surface area contributed by atoms with Gasteiger partial charge in [-0.3, -0.25) is 10.2 Å². The van der Waals surface area contributed by atoms with Crippen LogP contribution in [0.3, 0.4) is 0 Å². The fourth-order valence-corrected chi connectivity index (χ4v) is 2.38. The summed E-state index contributed by atoms with van der Waals surface area (Å²) in [5.41, 5.74) is 4.83. The summed E-state index contributed by atoms with van der Waals surface area (Å²) in [7, 11) is 1.62. The molecule has 22 heavy (non-hydrogen) atoms. The minimum absolute atomic E-state index is 0.0356. The van der Waals surface area contributed by atoms with Gasteiger partial charge in [0.1, 0.15) is 5.75 Å². The Bertz CT molecular complexity index is 637. The molecule has 0 heterocycles. The summed E-state index contributed by atoms with van der Waals surface area (Å²) in [6, 6.07) is 15.4. The number of benzene rings is 2. The quantitative estimate of drug-likeness (QED) is 0.480. The van der Waals surface area contributed by atoms with E-state index in [1.807, 2.05) is 55.5 Å². The first-order valence-electron chi connectivity index (χ1n) is 6.83. The standard InChI is InChI=1S/C17H18N2O2S/c1-13-3-9-17(10-4-13)22-12-15(20)11-18-19-14-5-7-16(21-2)8-6-14/h3-11,19H,12H2,1-2H3. The highest BCUT2D eigenvalue weighted by molar-refractivity contribution is 8.00. The van der Waals surface area contributed by atoms with Crippen molar-refractivity contribution in [2.24, 2.45) is 5.10 Å². The van der Waals surface area contributed by atoms with Crippen LogP contribution in [0.4, 0.5) is 5.69 Å². The molecule has 114 valence electrons. The summed E-state index contributed by atoms with van der Waals surface area (Å²) in [4.78, 5) is 12.8. The second-order valence-electron chi connectivity index (χ2n) is 4.67. The van der Waals surface area contributed by atoms with Gasteiger partial charge in [-0.2, -0.15) is 5.10 Å². The van der Waals surface area contributed by atoms with Gasteiger partial charge in [0.15, 0.2) is 5.78 Å². The summed E-state index contributed by atoms with van der Waals surface area (Å²) in [5.74, 6) is 1.11. The van der Waals surface area contributed by atoms with Crippen molar-refractivity contribution in [2.75, 3.05) is 18.3 Å². The SMILES string of the molecule is COc1ccc(NN=CC(=O)CSc2ccc(C)cc2)cc1. The van der Waals surface area contributed by atoms with Gasteiger partial charge < -0.3 is 4.74 Å². The van der Waals surface area contributed by atoms with E-state index >= 15 is 0 Å². The first-order chi connectivity index (χ1) is 10.7. The number of nitrogens with zero attached hydrogens (tertiary/aromatic N) is 1. The van der Waals surface area contributed by atoms with E-state index in [0.717, 1.165) is 16.3 Å². The molecule has 0 aliphatic rings. The van der Waals surface area contributed by atoms with Crippen molar-refractivity contribution in [3.05, 3.63) is 54.1 Å². The predicted octanol–water partition coefficient (Wildman–Crippen LogP) is 3.76. The van der Waals surface area contributed by atoms with Gasteiger partial charge in [0.05, 0.1) is 24.8 Å². The van der Waals surface area contributed by atoms with E-state index in [0.29, 0.717) is 5.75 Å². The summed E-state index contributed by atoms with van der Waals surface area (Å²) in [5, 5.41) is 3.94. The van der Waals surface area contributed by atoms with Crippen molar-refractivity contribution in [2.45, 2.75) is 11.8 Å². The van der Waals surface area contributed by atoms with Crippen LogP contribution in [0.1, 0.15) is 5.56 Å². The minimum atomic E-state index is -0.0356. The third kappa shape index (κ3) is 5.26. The molecule has 0 saturated carbocycles. The third-order valence-corrected chi connectivity index (χ3v) is 3.93. The molecule has 0 spiro atoms. The number of carbonyl (C=O) groups is 1. The smallest absolute Gasteiger partial charge is 0.185 e. The van der Waals surface area contributed by atoms with Crippen LogP contribution in [0.2, 0.25) is 0 Å². The van der Waals surface area contributed by atoms with E-state index in [1.165, 1.54) is 23.5 Å². The second kappa shape index (κ2) is 8.24. The van der Waals surface area contributed by atoms with E-state index in [4.69, 9.17) is 4.74 Å². The Balaban J connectivity index is 1.77. The van der Waals surface area contributed by atoms with Crippen LogP contribution in [0.15, 0.2) is 58.5 Å². The highest BCUT2D eigenvalue weighted by atomic mass is 32.2. The zero-order valence-corrected chi connectivity index (χ0v) is 13.4. The Morgan fingerprint density at radius 1 is 1.18 bits per heavy atom. The predicted molar refractivity (Wildman–Crippen MR) is 92.0 cm³/mol. The fraction of sp³-hybridized carbons (Fsp3) is 0.176. The first kappa shape index (κ1) is 16.1. The van der Waals surface area contributed by atoms with Crippen molar-refractivity contribution >= 4 is 29.4 Å². The monoisotopic (exact) mass is 314 g/mol. The van der Waals surface area contributed by atoms with Crippen molar-refractivity contribution in [3.63, 3.8) is 0 Å². The minimum Gasteiger partial charge on any atom is -0.497 e. The van der Waals surface area contributed by atoms with Gasteiger partial charge >= 0.3 is 0 Å². The molecular formula is C17H18N2O2S. The van der Waals surface area contributed by atoms with Crippen molar-refractivity contribution in [3.8, 4) is 5.75 Å². The summed E-state index contributed by atoms with van der Waals surface area (Å²) >= 11 is 1.50. The average molecular weight is 314 g/mol. The molecule has 1 N–H and O–H groups in total. The molecule has 0 radical (unpaired) electrons. The van der Waals surface area contributed by atoms with Gasteiger partial charge in [-0.15, -0.1) is 11.8 Å². The molecule has 0 saturated heterocycles. The van der Waals surface area contributed by atoms with Crippen molar-refractivity contribution in [1.29, 1.82) is 0 Å². The van der Waals surface area contributed by atoms with E-state index in [-0.39, 0.29) is 5.78 Å². The zero-order chi connectivity index (χ0) is 15.8. The molecule has 4 nitrogen and oxygen atoms in total. The number of nitrogens with one attached hydrogen (secondary N) is 1. The highest BCUT2D eigenvalue weighted by Crippen LogP contribution is 2.18. The number of thioether (sulfide) groups is 1. The van der Waals surface area contributed by atoms with E-state index in [2.05, 4.69) is 10.5 Å². The number of hydrogen-bond donors (Lipinski definition) is 1. The van der Waals surface area contributed by atoms with Crippen LogP contribution < -0.4 is 10.2 Å². The number of anilines is 1. The number of hydrazone groups is 1. The molecular weight excluding hydrogens is 296 g/mol. The molecule has 5 heteroatoms. The molecule has 0 aromatic heterocycles. The molecule has 2 rings (SSSR count). The molecule has 0 aliphatic heterocycles. The van der Waals surface area contributed by atoms with Gasteiger partial charge in [0.2, 0.25) is 0 Å². The number of aryl methyl sites for hydroxylation is 1. The maximum atomic E-state index is 11.7. The van der Waals surface area contributed by atoms with Gasteiger partial charge in [-0.25, -0.2) is 0 Å². The zero-order valence-electron chi connectivity index (χ0n) is 12.6. The van der Waals surface area contributed by atoms with Crippen molar-refractivity contribution in [1.82, 2.24) is 0 Å². The fourth-order valence-electron chi connectivity index (χ4n) is 1.67. The molecule has 0 aliphatic carbocycles. The summed E-state index contributed by atoms with van der Waals surface area (Å²) in [6.07, 6.45) is 1.31. The Morgan fingerprint density at radius 2 is 1.86 bits per heavy atom. The van der Waals surface area contributed by atoms with E-state index in [9.17, 15) is 4.79 Å². The molecule has 0 bridgehead atoms. The first-order valence-corrected chi connectivity index (χ1v) is 7.81. The lowest BCUT2D eigenvalue weighted by Crippen LogP contribution is -2.04. The Kier molecular flexibility index (Phi) is 6.03. The number of hydrogen-bond acceptors (Lipinski definition) is 5. The van der Waals surface area contributed by atoms with E-state index in [1.54, 1.807) is 7.11 Å². The molecule has 2 aromatic carbocycles. The number of carbonyl (C=O) groups excluding carboxylic acids is 1. The number of Topliss-reactive ketones (excluding diaryl/α,β-unsaturated/α-hetero) is 1. The third-order valence-electron chi connectivity index (χ3n) is 2.89. The molecule has 2 aromatic rings. The number of rotatable bonds is 7. The number of methoxy groups -OCH3 is 1. The molecule has 0 unspecified atom stereocenters. The van der Waals surface area contributed by atoms with Gasteiger partial charge in [-0.05, 0) is 43.3 Å².